The van der Waals surface area contributed by atoms with Crippen LogP contribution in [0, 0.1) is 11.8 Å². The van der Waals surface area contributed by atoms with E-state index in [2.05, 4.69) is 40.2 Å². The first kappa shape index (κ1) is 16.5. The molecule has 2 unspecified atom stereocenters. The van der Waals surface area contributed by atoms with E-state index in [9.17, 15) is 4.79 Å². The Kier molecular flexibility index (Phi) is 6.27. The number of halogens is 1. The summed E-state index contributed by atoms with van der Waals surface area (Å²) in [4.78, 5) is 12.2. The highest BCUT2D eigenvalue weighted by Crippen LogP contribution is 2.30. The Bertz CT molecular complexity index is 515. The second-order valence-electron chi connectivity index (χ2n) is 6.16. The number of hydrogen-bond acceptors (Lipinski definition) is 3. The van der Waals surface area contributed by atoms with Gasteiger partial charge in [-0.25, -0.2) is 4.68 Å². The number of nitrogens with zero attached hydrogens (tertiary/aromatic N) is 2. The van der Waals surface area contributed by atoms with Gasteiger partial charge in [0.25, 0.3) is 5.56 Å². The fraction of sp³-hybridized carbons (Fsp3) is 0.750. The highest BCUT2D eigenvalue weighted by atomic mass is 79.9. The van der Waals surface area contributed by atoms with Crippen molar-refractivity contribution in [2.75, 3.05) is 11.9 Å². The Morgan fingerprint density at radius 2 is 2.19 bits per heavy atom. The van der Waals surface area contributed by atoms with Gasteiger partial charge in [-0.2, -0.15) is 5.10 Å². The Hall–Kier alpha value is -0.840. The second kappa shape index (κ2) is 7.97. The van der Waals surface area contributed by atoms with Gasteiger partial charge < -0.3 is 5.32 Å². The average molecular weight is 356 g/mol. The maximum atomic E-state index is 12.2. The predicted molar refractivity (Wildman–Crippen MR) is 90.7 cm³/mol. The lowest BCUT2D eigenvalue weighted by Crippen LogP contribution is -2.27. The average Bonchev–Trinajstić information content (AvgIpc) is 2.49. The summed E-state index contributed by atoms with van der Waals surface area (Å²) >= 11 is 3.43. The minimum Gasteiger partial charge on any atom is -0.382 e. The maximum Gasteiger partial charge on any atom is 0.283 e. The van der Waals surface area contributed by atoms with Gasteiger partial charge in [0.15, 0.2) is 0 Å². The number of hydrogen-bond donors (Lipinski definition) is 1. The van der Waals surface area contributed by atoms with E-state index in [0.29, 0.717) is 16.9 Å². The van der Waals surface area contributed by atoms with Crippen LogP contribution in [-0.4, -0.2) is 16.3 Å². The highest BCUT2D eigenvalue weighted by Gasteiger charge is 2.21. The molecular formula is C16H26BrN3O. The van der Waals surface area contributed by atoms with Gasteiger partial charge in [0.2, 0.25) is 0 Å². The van der Waals surface area contributed by atoms with E-state index in [0.717, 1.165) is 31.0 Å². The summed E-state index contributed by atoms with van der Waals surface area (Å²) in [6.45, 7) is 6.07. The number of aryl methyl sites for hydroxylation is 1. The molecule has 1 fully saturated rings. The van der Waals surface area contributed by atoms with Crippen molar-refractivity contribution in [3.8, 4) is 0 Å². The van der Waals surface area contributed by atoms with E-state index in [-0.39, 0.29) is 5.56 Å². The van der Waals surface area contributed by atoms with Gasteiger partial charge >= 0.3 is 0 Å². The van der Waals surface area contributed by atoms with Gasteiger partial charge in [-0.1, -0.05) is 39.5 Å². The standard InChI is InChI=1S/C16H26BrN3O/c1-3-4-9-20-16(21)15(17)14(11-19-20)18-10-13-8-6-5-7-12(13)2/h11-13,18H,3-10H2,1-2H3. The molecule has 1 heterocycles. The number of unbranched alkanes of at least 4 members (excludes halogenated alkanes) is 1. The third-order valence-corrected chi connectivity index (χ3v) is 5.32. The molecule has 1 aliphatic rings. The highest BCUT2D eigenvalue weighted by molar-refractivity contribution is 9.10. The van der Waals surface area contributed by atoms with E-state index in [1.54, 1.807) is 10.9 Å². The molecule has 0 spiro atoms. The van der Waals surface area contributed by atoms with Gasteiger partial charge in [0.05, 0.1) is 11.9 Å². The molecule has 2 atom stereocenters. The molecule has 1 N–H and O–H groups in total. The minimum atomic E-state index is -0.0369. The Morgan fingerprint density at radius 3 is 2.90 bits per heavy atom. The van der Waals surface area contributed by atoms with Crippen LogP contribution in [0.2, 0.25) is 0 Å². The first-order chi connectivity index (χ1) is 10.1. The van der Waals surface area contributed by atoms with Crippen LogP contribution in [-0.2, 0) is 6.54 Å². The molecule has 5 heteroatoms. The van der Waals surface area contributed by atoms with Crippen molar-refractivity contribution < 1.29 is 0 Å². The van der Waals surface area contributed by atoms with Gasteiger partial charge in [-0.05, 0) is 40.6 Å². The molecule has 0 aromatic carbocycles. The lowest BCUT2D eigenvalue weighted by molar-refractivity contribution is 0.268. The molecule has 1 saturated carbocycles. The summed E-state index contributed by atoms with van der Waals surface area (Å²) < 4.78 is 2.15. The monoisotopic (exact) mass is 355 g/mol. The smallest absolute Gasteiger partial charge is 0.283 e. The lowest BCUT2D eigenvalue weighted by atomic mass is 9.80. The summed E-state index contributed by atoms with van der Waals surface area (Å²) in [6.07, 6.45) is 9.11. The summed E-state index contributed by atoms with van der Waals surface area (Å²) in [6, 6.07) is 0. The van der Waals surface area contributed by atoms with Gasteiger partial charge in [-0.15, -0.1) is 0 Å². The van der Waals surface area contributed by atoms with Crippen LogP contribution in [0.15, 0.2) is 15.5 Å². The van der Waals surface area contributed by atoms with Crippen molar-refractivity contribution in [1.29, 1.82) is 0 Å². The lowest BCUT2D eigenvalue weighted by Gasteiger charge is -2.29. The van der Waals surface area contributed by atoms with E-state index >= 15 is 0 Å². The van der Waals surface area contributed by atoms with Crippen molar-refractivity contribution in [3.05, 3.63) is 21.0 Å². The summed E-state index contributed by atoms with van der Waals surface area (Å²) in [5.41, 5.74) is 0.788. The van der Waals surface area contributed by atoms with E-state index in [4.69, 9.17) is 0 Å². The topological polar surface area (TPSA) is 46.9 Å². The zero-order valence-corrected chi connectivity index (χ0v) is 14.7. The molecule has 2 rings (SSSR count). The van der Waals surface area contributed by atoms with Crippen LogP contribution >= 0.6 is 15.9 Å². The number of anilines is 1. The molecule has 4 nitrogen and oxygen atoms in total. The molecule has 1 aliphatic carbocycles. The summed E-state index contributed by atoms with van der Waals surface area (Å²) in [7, 11) is 0. The summed E-state index contributed by atoms with van der Waals surface area (Å²) in [5, 5.41) is 7.69. The van der Waals surface area contributed by atoms with Crippen molar-refractivity contribution >= 4 is 21.6 Å². The normalized spacial score (nSPS) is 22.2. The molecular weight excluding hydrogens is 330 g/mol. The molecule has 1 aromatic rings. The molecule has 0 aliphatic heterocycles. The number of rotatable bonds is 6. The first-order valence-electron chi connectivity index (χ1n) is 8.13. The van der Waals surface area contributed by atoms with Crippen molar-refractivity contribution in [2.24, 2.45) is 11.8 Å². The van der Waals surface area contributed by atoms with Crippen LogP contribution < -0.4 is 10.9 Å². The Morgan fingerprint density at radius 1 is 1.43 bits per heavy atom. The number of nitrogens with one attached hydrogen (secondary N) is 1. The molecule has 21 heavy (non-hydrogen) atoms. The quantitative estimate of drug-likeness (QED) is 0.837. The van der Waals surface area contributed by atoms with E-state index < -0.39 is 0 Å². The Balaban J connectivity index is 2.00. The fourth-order valence-corrected chi connectivity index (χ4v) is 3.44. The van der Waals surface area contributed by atoms with Crippen LogP contribution in [0.5, 0.6) is 0 Å². The van der Waals surface area contributed by atoms with E-state index in [1.165, 1.54) is 25.7 Å². The molecule has 0 amide bonds. The third kappa shape index (κ3) is 4.31. The second-order valence-corrected chi connectivity index (χ2v) is 6.95. The van der Waals surface area contributed by atoms with Crippen LogP contribution in [0.4, 0.5) is 5.69 Å². The van der Waals surface area contributed by atoms with E-state index in [1.807, 2.05) is 0 Å². The SMILES string of the molecule is CCCCn1ncc(NCC2CCCCC2C)c(Br)c1=O. The zero-order valence-electron chi connectivity index (χ0n) is 13.1. The summed E-state index contributed by atoms with van der Waals surface area (Å²) in [5.74, 6) is 1.47. The molecule has 118 valence electrons. The van der Waals surface area contributed by atoms with Gasteiger partial charge in [0, 0.05) is 13.1 Å². The van der Waals surface area contributed by atoms with Gasteiger partial charge in [0.1, 0.15) is 4.47 Å². The van der Waals surface area contributed by atoms with Crippen molar-refractivity contribution in [1.82, 2.24) is 9.78 Å². The molecule has 0 radical (unpaired) electrons. The third-order valence-electron chi connectivity index (χ3n) is 4.55. The zero-order chi connectivity index (χ0) is 15.2. The van der Waals surface area contributed by atoms with Crippen LogP contribution in [0.25, 0.3) is 0 Å². The fourth-order valence-electron chi connectivity index (χ4n) is 2.99. The Labute approximate surface area is 135 Å². The molecule has 0 bridgehead atoms. The van der Waals surface area contributed by atoms with Crippen molar-refractivity contribution in [3.63, 3.8) is 0 Å². The number of aromatic nitrogens is 2. The minimum absolute atomic E-state index is 0.0369. The molecule has 1 aromatic heterocycles. The molecule has 0 saturated heterocycles. The predicted octanol–water partition coefficient (Wildman–Crippen LogP) is 4.04. The van der Waals surface area contributed by atoms with Crippen LogP contribution in [0.1, 0.15) is 52.4 Å². The van der Waals surface area contributed by atoms with Gasteiger partial charge in [-0.3, -0.25) is 4.79 Å². The largest absolute Gasteiger partial charge is 0.382 e. The first-order valence-corrected chi connectivity index (χ1v) is 8.92. The maximum absolute atomic E-state index is 12.2. The van der Waals surface area contributed by atoms with Crippen LogP contribution in [0.3, 0.4) is 0 Å². The van der Waals surface area contributed by atoms with Crippen molar-refractivity contribution in [2.45, 2.75) is 58.9 Å².